The standard InChI is InChI=1S/C13H14N2O4S/c1-7(16)9-3-4-10-11(5-9)20(19)8(2)13(18)15(10)6-12(14)17/h3-5,8H,6H2,1-2H3,(H2,14,17). The van der Waals surface area contributed by atoms with Gasteiger partial charge in [-0.2, -0.15) is 0 Å². The molecule has 2 unspecified atom stereocenters. The van der Waals surface area contributed by atoms with Gasteiger partial charge in [0.15, 0.2) is 5.78 Å². The number of anilines is 1. The lowest BCUT2D eigenvalue weighted by Crippen LogP contribution is -2.47. The molecule has 0 saturated heterocycles. The number of benzene rings is 1. The number of hydrogen-bond acceptors (Lipinski definition) is 4. The zero-order valence-electron chi connectivity index (χ0n) is 11.1. The molecule has 2 N–H and O–H groups in total. The molecule has 0 aromatic heterocycles. The number of hydrogen-bond donors (Lipinski definition) is 1. The Morgan fingerprint density at radius 3 is 2.60 bits per heavy atom. The van der Waals surface area contributed by atoms with Gasteiger partial charge in [0, 0.05) is 5.56 Å². The molecule has 1 aliphatic rings. The zero-order chi connectivity index (χ0) is 15.0. The second-order valence-electron chi connectivity index (χ2n) is 4.57. The zero-order valence-corrected chi connectivity index (χ0v) is 11.9. The van der Waals surface area contributed by atoms with Crippen molar-refractivity contribution in [2.24, 2.45) is 5.73 Å². The molecule has 106 valence electrons. The first-order valence-corrected chi connectivity index (χ1v) is 7.19. The van der Waals surface area contributed by atoms with Crippen LogP contribution < -0.4 is 10.6 Å². The van der Waals surface area contributed by atoms with Crippen LogP contribution in [-0.2, 0) is 20.4 Å². The fourth-order valence-corrected chi connectivity index (χ4v) is 3.38. The predicted molar refractivity (Wildman–Crippen MR) is 73.9 cm³/mol. The number of primary amides is 1. The molecular weight excluding hydrogens is 280 g/mol. The molecule has 0 radical (unpaired) electrons. The molecule has 2 atom stereocenters. The number of ketones is 1. The van der Waals surface area contributed by atoms with Gasteiger partial charge in [-0.3, -0.25) is 18.6 Å². The number of carbonyl (C=O) groups excluding carboxylic acids is 3. The van der Waals surface area contributed by atoms with Crippen LogP contribution in [0.25, 0.3) is 0 Å². The van der Waals surface area contributed by atoms with Gasteiger partial charge in [-0.15, -0.1) is 0 Å². The lowest BCUT2D eigenvalue weighted by Gasteiger charge is -2.31. The van der Waals surface area contributed by atoms with Crippen LogP contribution >= 0.6 is 0 Å². The van der Waals surface area contributed by atoms with Gasteiger partial charge in [0.25, 0.3) is 0 Å². The third kappa shape index (κ3) is 2.36. The van der Waals surface area contributed by atoms with Crippen LogP contribution in [0.5, 0.6) is 0 Å². The molecule has 0 aliphatic carbocycles. The molecule has 1 aromatic carbocycles. The highest BCUT2D eigenvalue weighted by molar-refractivity contribution is 7.86. The largest absolute Gasteiger partial charge is 0.368 e. The van der Waals surface area contributed by atoms with Gasteiger partial charge in [0.05, 0.1) is 21.4 Å². The van der Waals surface area contributed by atoms with Crippen LogP contribution in [0.1, 0.15) is 24.2 Å². The highest BCUT2D eigenvalue weighted by Crippen LogP contribution is 2.32. The van der Waals surface area contributed by atoms with E-state index in [1.54, 1.807) is 0 Å². The number of amides is 2. The van der Waals surface area contributed by atoms with E-state index in [4.69, 9.17) is 5.73 Å². The molecule has 20 heavy (non-hydrogen) atoms. The van der Waals surface area contributed by atoms with Gasteiger partial charge in [-0.1, -0.05) is 0 Å². The normalized spacial score (nSPS) is 21.5. The molecule has 0 fully saturated rings. The van der Waals surface area contributed by atoms with E-state index in [0.29, 0.717) is 16.1 Å². The average Bonchev–Trinajstić information content (AvgIpc) is 2.40. The van der Waals surface area contributed by atoms with Gasteiger partial charge in [0.1, 0.15) is 11.8 Å². The maximum atomic E-state index is 12.3. The maximum absolute atomic E-state index is 12.3. The van der Waals surface area contributed by atoms with Crippen LogP contribution in [0.15, 0.2) is 23.1 Å². The Labute approximate surface area is 118 Å². The molecule has 1 aromatic rings. The van der Waals surface area contributed by atoms with Gasteiger partial charge in [-0.25, -0.2) is 0 Å². The van der Waals surface area contributed by atoms with E-state index in [9.17, 15) is 18.6 Å². The van der Waals surface area contributed by atoms with E-state index in [0.717, 1.165) is 0 Å². The first-order chi connectivity index (χ1) is 9.32. The fourth-order valence-electron chi connectivity index (χ4n) is 2.06. The summed E-state index contributed by atoms with van der Waals surface area (Å²) in [6, 6.07) is 4.57. The third-order valence-corrected chi connectivity index (χ3v) is 4.73. The summed E-state index contributed by atoms with van der Waals surface area (Å²) >= 11 is 0. The van der Waals surface area contributed by atoms with Crippen molar-refractivity contribution in [2.75, 3.05) is 11.4 Å². The Morgan fingerprint density at radius 2 is 2.05 bits per heavy atom. The maximum Gasteiger partial charge on any atom is 0.243 e. The molecule has 1 aliphatic heterocycles. The van der Waals surface area contributed by atoms with E-state index in [-0.39, 0.29) is 12.3 Å². The minimum Gasteiger partial charge on any atom is -0.368 e. The molecule has 2 rings (SSSR count). The Morgan fingerprint density at radius 1 is 1.40 bits per heavy atom. The molecule has 7 heteroatoms. The van der Waals surface area contributed by atoms with Crippen LogP contribution in [0, 0.1) is 0 Å². The van der Waals surface area contributed by atoms with Gasteiger partial charge < -0.3 is 10.6 Å². The first-order valence-electron chi connectivity index (χ1n) is 5.98. The van der Waals surface area contributed by atoms with E-state index in [1.165, 1.54) is 36.9 Å². The van der Waals surface area contributed by atoms with Crippen molar-refractivity contribution < 1.29 is 18.6 Å². The molecule has 2 amide bonds. The van der Waals surface area contributed by atoms with Crippen molar-refractivity contribution in [2.45, 2.75) is 24.0 Å². The Balaban J connectivity index is 2.58. The first kappa shape index (κ1) is 14.4. The molecule has 0 saturated carbocycles. The van der Waals surface area contributed by atoms with Crippen molar-refractivity contribution in [1.82, 2.24) is 0 Å². The van der Waals surface area contributed by atoms with Crippen molar-refractivity contribution >= 4 is 34.1 Å². The lowest BCUT2D eigenvalue weighted by molar-refractivity contribution is -0.122. The summed E-state index contributed by atoms with van der Waals surface area (Å²) in [6.45, 7) is 2.66. The molecule has 0 bridgehead atoms. The van der Waals surface area contributed by atoms with E-state index in [2.05, 4.69) is 0 Å². The number of rotatable bonds is 3. The van der Waals surface area contributed by atoms with E-state index < -0.39 is 27.9 Å². The average molecular weight is 294 g/mol. The predicted octanol–water partition coefficient (Wildman–Crippen LogP) is 0.217. The highest BCUT2D eigenvalue weighted by atomic mass is 32.2. The number of Topliss-reactive ketones (excluding diaryl/α,β-unsaturated/α-hetero) is 1. The van der Waals surface area contributed by atoms with Crippen molar-refractivity contribution in [3.05, 3.63) is 23.8 Å². The molecular formula is C13H14N2O4S. The summed E-state index contributed by atoms with van der Waals surface area (Å²) < 4.78 is 12.3. The van der Waals surface area contributed by atoms with E-state index >= 15 is 0 Å². The summed E-state index contributed by atoms with van der Waals surface area (Å²) in [5.41, 5.74) is 5.92. The topological polar surface area (TPSA) is 97.5 Å². The van der Waals surface area contributed by atoms with Crippen LogP contribution in [0.2, 0.25) is 0 Å². The molecule has 0 spiro atoms. The summed E-state index contributed by atoms with van der Waals surface area (Å²) in [7, 11) is -1.55. The SMILES string of the molecule is CC(=O)c1ccc2c(c1)S(=O)C(C)C(=O)N2CC(N)=O. The lowest BCUT2D eigenvalue weighted by atomic mass is 10.1. The number of fused-ring (bicyclic) bond motifs is 1. The fraction of sp³-hybridized carbons (Fsp3) is 0.308. The minimum atomic E-state index is -1.55. The third-order valence-electron chi connectivity index (χ3n) is 3.12. The smallest absolute Gasteiger partial charge is 0.243 e. The monoisotopic (exact) mass is 294 g/mol. The number of nitrogens with two attached hydrogens (primary N) is 1. The van der Waals surface area contributed by atoms with Gasteiger partial charge >= 0.3 is 0 Å². The minimum absolute atomic E-state index is 0.157. The number of nitrogens with zero attached hydrogens (tertiary/aromatic N) is 1. The van der Waals surface area contributed by atoms with Crippen LogP contribution in [0.4, 0.5) is 5.69 Å². The molecule has 6 nitrogen and oxygen atoms in total. The summed E-state index contributed by atoms with van der Waals surface area (Å²) in [5.74, 6) is -1.22. The number of carbonyl (C=O) groups is 3. The highest BCUT2D eigenvalue weighted by Gasteiger charge is 2.36. The van der Waals surface area contributed by atoms with Crippen LogP contribution in [0.3, 0.4) is 0 Å². The Hall–Kier alpha value is -2.02. The second kappa shape index (κ2) is 5.16. The van der Waals surface area contributed by atoms with Crippen LogP contribution in [-0.4, -0.2) is 33.6 Å². The van der Waals surface area contributed by atoms with Gasteiger partial charge in [0.2, 0.25) is 11.8 Å². The van der Waals surface area contributed by atoms with E-state index in [1.807, 2.05) is 0 Å². The van der Waals surface area contributed by atoms with Crippen molar-refractivity contribution in [3.8, 4) is 0 Å². The Kier molecular flexibility index (Phi) is 3.71. The van der Waals surface area contributed by atoms with Crippen molar-refractivity contribution in [1.29, 1.82) is 0 Å². The van der Waals surface area contributed by atoms with Crippen molar-refractivity contribution in [3.63, 3.8) is 0 Å². The second-order valence-corrected chi connectivity index (χ2v) is 6.31. The van der Waals surface area contributed by atoms with Gasteiger partial charge in [-0.05, 0) is 32.0 Å². The quantitative estimate of drug-likeness (QED) is 0.806. The molecule has 1 heterocycles. The Bertz CT molecular complexity index is 641. The summed E-state index contributed by atoms with van der Waals surface area (Å²) in [6.07, 6.45) is 0. The summed E-state index contributed by atoms with van der Waals surface area (Å²) in [5, 5.41) is -0.774. The summed E-state index contributed by atoms with van der Waals surface area (Å²) in [4.78, 5) is 36.2.